The minimum absolute atomic E-state index is 0.295. The molecular formula is C9H16O. The summed E-state index contributed by atoms with van der Waals surface area (Å²) in [5, 5.41) is 8.49. The van der Waals surface area contributed by atoms with E-state index in [1.54, 1.807) is 0 Å². The minimum atomic E-state index is 0.295. The third-order valence-electron chi connectivity index (χ3n) is 2.10. The lowest BCUT2D eigenvalue weighted by Crippen LogP contribution is -1.86. The Morgan fingerprint density at radius 3 is 2.60 bits per heavy atom. The van der Waals surface area contributed by atoms with Gasteiger partial charge in [-0.3, -0.25) is 0 Å². The molecule has 0 heterocycles. The monoisotopic (exact) mass is 140 g/mol. The van der Waals surface area contributed by atoms with Gasteiger partial charge in [-0.05, 0) is 25.2 Å². The third kappa shape index (κ3) is 2.53. The Hall–Kier alpha value is -0.300. The van der Waals surface area contributed by atoms with Gasteiger partial charge in [0.25, 0.3) is 0 Å². The Labute approximate surface area is 62.8 Å². The first-order chi connectivity index (χ1) is 4.93. The van der Waals surface area contributed by atoms with Crippen LogP contribution in [0.1, 0.15) is 32.1 Å². The molecule has 1 aliphatic carbocycles. The second-order valence-corrected chi connectivity index (χ2v) is 2.98. The fraction of sp³-hybridized carbons (Fsp3) is 0.778. The van der Waals surface area contributed by atoms with Crippen molar-refractivity contribution in [3.05, 3.63) is 12.2 Å². The standard InChI is InChI=1S/C9H16O/c10-8-4-3-7-9-5-1-2-6-9/h3,7,9-10H,1-2,4-6,8H2/b7-3+. The molecule has 0 aliphatic heterocycles. The predicted octanol–water partition coefficient (Wildman–Crippen LogP) is 2.12. The van der Waals surface area contributed by atoms with Gasteiger partial charge in [0.05, 0.1) is 0 Å². The lowest BCUT2D eigenvalue weighted by molar-refractivity contribution is 0.302. The van der Waals surface area contributed by atoms with Crippen LogP contribution in [0.25, 0.3) is 0 Å². The van der Waals surface area contributed by atoms with E-state index in [4.69, 9.17) is 5.11 Å². The summed E-state index contributed by atoms with van der Waals surface area (Å²) in [7, 11) is 0. The van der Waals surface area contributed by atoms with E-state index < -0.39 is 0 Å². The van der Waals surface area contributed by atoms with Gasteiger partial charge in [0.2, 0.25) is 0 Å². The largest absolute Gasteiger partial charge is 0.396 e. The minimum Gasteiger partial charge on any atom is -0.396 e. The van der Waals surface area contributed by atoms with E-state index in [1.165, 1.54) is 25.7 Å². The third-order valence-corrected chi connectivity index (χ3v) is 2.10. The van der Waals surface area contributed by atoms with Crippen molar-refractivity contribution in [2.45, 2.75) is 32.1 Å². The first-order valence-electron chi connectivity index (χ1n) is 4.21. The molecule has 0 aromatic heterocycles. The Kier molecular flexibility index (Phi) is 3.52. The van der Waals surface area contributed by atoms with Crippen LogP contribution in [0.5, 0.6) is 0 Å². The molecule has 1 nitrogen and oxygen atoms in total. The molecule has 0 aromatic rings. The Morgan fingerprint density at radius 1 is 1.30 bits per heavy atom. The van der Waals surface area contributed by atoms with Gasteiger partial charge >= 0.3 is 0 Å². The van der Waals surface area contributed by atoms with Crippen LogP contribution < -0.4 is 0 Å². The van der Waals surface area contributed by atoms with Crippen LogP contribution in [0.2, 0.25) is 0 Å². The summed E-state index contributed by atoms with van der Waals surface area (Å²) in [5.41, 5.74) is 0. The molecule has 1 rings (SSSR count). The van der Waals surface area contributed by atoms with Crippen LogP contribution in [0.15, 0.2) is 12.2 Å². The van der Waals surface area contributed by atoms with Crippen molar-refractivity contribution in [1.82, 2.24) is 0 Å². The van der Waals surface area contributed by atoms with E-state index in [9.17, 15) is 0 Å². The fourth-order valence-electron chi connectivity index (χ4n) is 1.51. The SMILES string of the molecule is OCC/C=C/C1CCCC1. The molecule has 58 valence electrons. The van der Waals surface area contributed by atoms with Crippen LogP contribution in [0.3, 0.4) is 0 Å². The Bertz CT molecular complexity index is 101. The van der Waals surface area contributed by atoms with Crippen molar-refractivity contribution in [1.29, 1.82) is 0 Å². The highest BCUT2D eigenvalue weighted by Crippen LogP contribution is 2.25. The summed E-state index contributed by atoms with van der Waals surface area (Å²) in [6.45, 7) is 0.295. The van der Waals surface area contributed by atoms with E-state index in [-0.39, 0.29) is 0 Å². The summed E-state index contributed by atoms with van der Waals surface area (Å²) in [6, 6.07) is 0. The number of rotatable bonds is 3. The van der Waals surface area contributed by atoms with E-state index in [0.29, 0.717) is 6.61 Å². The molecule has 0 atom stereocenters. The molecule has 0 spiro atoms. The van der Waals surface area contributed by atoms with Crippen LogP contribution in [0, 0.1) is 5.92 Å². The maximum atomic E-state index is 8.49. The molecule has 0 aromatic carbocycles. The molecule has 0 unspecified atom stereocenters. The van der Waals surface area contributed by atoms with Crippen molar-refractivity contribution in [3.8, 4) is 0 Å². The second kappa shape index (κ2) is 4.51. The summed E-state index contributed by atoms with van der Waals surface area (Å²) < 4.78 is 0. The van der Waals surface area contributed by atoms with Gasteiger partial charge in [-0.1, -0.05) is 25.0 Å². The topological polar surface area (TPSA) is 20.2 Å². The molecule has 0 bridgehead atoms. The Morgan fingerprint density at radius 2 is 2.00 bits per heavy atom. The molecule has 10 heavy (non-hydrogen) atoms. The molecule has 0 amide bonds. The first kappa shape index (κ1) is 7.80. The molecule has 1 N–H and O–H groups in total. The van der Waals surface area contributed by atoms with Crippen LogP contribution >= 0.6 is 0 Å². The van der Waals surface area contributed by atoms with Crippen molar-refractivity contribution in [2.24, 2.45) is 5.92 Å². The first-order valence-corrected chi connectivity index (χ1v) is 4.21. The maximum Gasteiger partial charge on any atom is 0.0465 e. The number of aliphatic hydroxyl groups excluding tert-OH is 1. The highest BCUT2D eigenvalue weighted by molar-refractivity contribution is 4.90. The summed E-state index contributed by atoms with van der Waals surface area (Å²) in [5.74, 6) is 0.826. The second-order valence-electron chi connectivity index (χ2n) is 2.98. The number of aliphatic hydroxyl groups is 1. The van der Waals surface area contributed by atoms with Crippen molar-refractivity contribution in [2.75, 3.05) is 6.61 Å². The predicted molar refractivity (Wildman–Crippen MR) is 42.8 cm³/mol. The fourth-order valence-corrected chi connectivity index (χ4v) is 1.51. The maximum absolute atomic E-state index is 8.49. The molecule has 0 radical (unpaired) electrons. The molecular weight excluding hydrogens is 124 g/mol. The molecule has 1 saturated carbocycles. The normalized spacial score (nSPS) is 20.9. The van der Waals surface area contributed by atoms with Gasteiger partial charge in [0.15, 0.2) is 0 Å². The number of hydrogen-bond acceptors (Lipinski definition) is 1. The lowest BCUT2D eigenvalue weighted by Gasteiger charge is -1.98. The summed E-state index contributed by atoms with van der Waals surface area (Å²) >= 11 is 0. The van der Waals surface area contributed by atoms with Gasteiger partial charge in [-0.15, -0.1) is 0 Å². The van der Waals surface area contributed by atoms with Crippen LogP contribution in [0.4, 0.5) is 0 Å². The van der Waals surface area contributed by atoms with E-state index in [0.717, 1.165) is 12.3 Å². The van der Waals surface area contributed by atoms with Gasteiger partial charge in [-0.2, -0.15) is 0 Å². The zero-order valence-corrected chi connectivity index (χ0v) is 6.42. The highest BCUT2D eigenvalue weighted by Gasteiger charge is 2.10. The van der Waals surface area contributed by atoms with E-state index >= 15 is 0 Å². The van der Waals surface area contributed by atoms with Crippen molar-refractivity contribution in [3.63, 3.8) is 0 Å². The molecule has 1 heteroatoms. The summed E-state index contributed by atoms with van der Waals surface area (Å²) in [4.78, 5) is 0. The molecule has 1 fully saturated rings. The van der Waals surface area contributed by atoms with Crippen molar-refractivity contribution < 1.29 is 5.11 Å². The Balaban J connectivity index is 2.10. The van der Waals surface area contributed by atoms with Crippen molar-refractivity contribution >= 4 is 0 Å². The average Bonchev–Trinajstić information content (AvgIpc) is 2.41. The van der Waals surface area contributed by atoms with E-state index in [1.807, 2.05) is 0 Å². The van der Waals surface area contributed by atoms with Gasteiger partial charge in [-0.25, -0.2) is 0 Å². The van der Waals surface area contributed by atoms with Gasteiger partial charge in [0.1, 0.15) is 0 Å². The molecule has 1 aliphatic rings. The van der Waals surface area contributed by atoms with Gasteiger partial charge < -0.3 is 5.11 Å². The summed E-state index contributed by atoms with van der Waals surface area (Å²) in [6.07, 6.45) is 10.7. The lowest BCUT2D eigenvalue weighted by atomic mass is 10.1. The van der Waals surface area contributed by atoms with E-state index in [2.05, 4.69) is 12.2 Å². The quantitative estimate of drug-likeness (QED) is 0.595. The number of hydrogen-bond donors (Lipinski definition) is 1. The average molecular weight is 140 g/mol. The zero-order chi connectivity index (χ0) is 7.23. The van der Waals surface area contributed by atoms with Crippen LogP contribution in [-0.2, 0) is 0 Å². The van der Waals surface area contributed by atoms with Crippen LogP contribution in [-0.4, -0.2) is 11.7 Å². The smallest absolute Gasteiger partial charge is 0.0465 e. The molecule has 0 saturated heterocycles. The number of allylic oxidation sites excluding steroid dienone is 1. The zero-order valence-electron chi connectivity index (χ0n) is 6.42. The van der Waals surface area contributed by atoms with Gasteiger partial charge in [0, 0.05) is 6.61 Å². The highest BCUT2D eigenvalue weighted by atomic mass is 16.2.